The molecule has 0 aliphatic heterocycles. The van der Waals surface area contributed by atoms with Crippen LogP contribution in [0.4, 0.5) is 0 Å². The van der Waals surface area contributed by atoms with Gasteiger partial charge >= 0.3 is 5.97 Å². The maximum atomic E-state index is 11.9. The van der Waals surface area contributed by atoms with Crippen LogP contribution in [0.1, 0.15) is 27.2 Å². The predicted molar refractivity (Wildman–Crippen MR) is 70.7 cm³/mol. The quantitative estimate of drug-likeness (QED) is 0.406. The normalized spacial score (nSPS) is 13.4. The van der Waals surface area contributed by atoms with Crippen LogP contribution in [-0.2, 0) is 19.2 Å². The van der Waals surface area contributed by atoms with Crippen LogP contribution in [0.3, 0.4) is 0 Å². The third kappa shape index (κ3) is 5.79. The van der Waals surface area contributed by atoms with E-state index in [9.17, 15) is 19.2 Å². The van der Waals surface area contributed by atoms with Crippen molar-refractivity contribution in [3.8, 4) is 0 Å². The molecule has 2 amide bonds. The molecule has 1 atom stereocenters. The largest absolute Gasteiger partial charge is 0.480 e. The summed E-state index contributed by atoms with van der Waals surface area (Å²) >= 11 is 0. The number of ketones is 1. The number of hydrogen-bond donors (Lipinski definition) is 4. The molecular formula is C12H21N3O5. The first kappa shape index (κ1) is 18.0. The maximum Gasteiger partial charge on any atom is 0.331 e. The van der Waals surface area contributed by atoms with Crippen molar-refractivity contribution in [2.75, 3.05) is 13.1 Å². The van der Waals surface area contributed by atoms with Crippen molar-refractivity contribution in [2.45, 2.75) is 32.7 Å². The zero-order valence-corrected chi connectivity index (χ0v) is 11.9. The van der Waals surface area contributed by atoms with E-state index in [4.69, 9.17) is 10.8 Å². The van der Waals surface area contributed by atoms with E-state index in [0.29, 0.717) is 0 Å². The average Bonchev–Trinajstić information content (AvgIpc) is 2.31. The van der Waals surface area contributed by atoms with E-state index in [1.165, 1.54) is 6.92 Å². The van der Waals surface area contributed by atoms with Crippen LogP contribution >= 0.6 is 0 Å². The molecule has 114 valence electrons. The zero-order chi connectivity index (χ0) is 15.9. The fourth-order valence-corrected chi connectivity index (χ4v) is 1.57. The molecule has 0 aromatic carbocycles. The van der Waals surface area contributed by atoms with Gasteiger partial charge < -0.3 is 21.5 Å². The van der Waals surface area contributed by atoms with E-state index in [1.807, 2.05) is 0 Å². The van der Waals surface area contributed by atoms with Gasteiger partial charge in [-0.25, -0.2) is 4.79 Å². The predicted octanol–water partition coefficient (Wildman–Crippen LogP) is -1.36. The van der Waals surface area contributed by atoms with Crippen LogP contribution in [0.2, 0.25) is 0 Å². The van der Waals surface area contributed by atoms with Crippen molar-refractivity contribution in [1.82, 2.24) is 10.6 Å². The zero-order valence-electron chi connectivity index (χ0n) is 11.9. The first-order valence-corrected chi connectivity index (χ1v) is 6.16. The van der Waals surface area contributed by atoms with E-state index in [-0.39, 0.29) is 24.8 Å². The molecule has 0 unspecified atom stereocenters. The number of Topliss-reactive ketones (excluding diaryl/α,β-unsaturated/α-hetero) is 1. The Labute approximate surface area is 117 Å². The van der Waals surface area contributed by atoms with Crippen molar-refractivity contribution in [3.63, 3.8) is 0 Å². The molecule has 0 aliphatic carbocycles. The minimum atomic E-state index is -2.02. The molecule has 0 spiro atoms. The van der Waals surface area contributed by atoms with Gasteiger partial charge in [-0.1, -0.05) is 13.8 Å². The molecule has 5 N–H and O–H groups in total. The third-order valence-electron chi connectivity index (χ3n) is 2.55. The van der Waals surface area contributed by atoms with Crippen molar-refractivity contribution in [1.29, 1.82) is 0 Å². The number of carbonyl (C=O) groups excluding carboxylic acids is 3. The summed E-state index contributed by atoms with van der Waals surface area (Å²) in [4.78, 5) is 44.9. The minimum absolute atomic E-state index is 0.0251. The van der Waals surface area contributed by atoms with Crippen LogP contribution < -0.4 is 16.4 Å². The van der Waals surface area contributed by atoms with Crippen LogP contribution in [0.15, 0.2) is 0 Å². The number of nitrogens with one attached hydrogen (secondary N) is 2. The molecule has 0 bridgehead atoms. The highest BCUT2D eigenvalue weighted by atomic mass is 16.4. The van der Waals surface area contributed by atoms with Crippen molar-refractivity contribution in [2.24, 2.45) is 11.7 Å². The Hall–Kier alpha value is -1.96. The Kier molecular flexibility index (Phi) is 6.84. The second-order valence-electron chi connectivity index (χ2n) is 4.98. The van der Waals surface area contributed by atoms with Crippen molar-refractivity contribution in [3.05, 3.63) is 0 Å². The van der Waals surface area contributed by atoms with E-state index >= 15 is 0 Å². The summed E-state index contributed by atoms with van der Waals surface area (Å²) in [5.41, 5.74) is 3.61. The highest BCUT2D eigenvalue weighted by Crippen LogP contribution is 2.15. The number of rotatable bonds is 8. The maximum absolute atomic E-state index is 11.9. The van der Waals surface area contributed by atoms with Crippen molar-refractivity contribution < 1.29 is 24.3 Å². The third-order valence-corrected chi connectivity index (χ3v) is 2.55. The highest BCUT2D eigenvalue weighted by molar-refractivity contribution is 6.09. The van der Waals surface area contributed by atoms with Gasteiger partial charge in [0.1, 0.15) is 0 Å². The number of nitrogens with two attached hydrogens (primary N) is 1. The molecule has 20 heavy (non-hydrogen) atoms. The van der Waals surface area contributed by atoms with Gasteiger partial charge in [-0.05, 0) is 12.3 Å². The lowest BCUT2D eigenvalue weighted by Gasteiger charge is -2.25. The van der Waals surface area contributed by atoms with Gasteiger partial charge in [-0.2, -0.15) is 0 Å². The molecule has 0 aliphatic rings. The van der Waals surface area contributed by atoms with Gasteiger partial charge in [0, 0.05) is 6.92 Å². The summed E-state index contributed by atoms with van der Waals surface area (Å²) in [6.07, 6.45) is -0.0251. The fraction of sp³-hybridized carbons (Fsp3) is 0.667. The summed E-state index contributed by atoms with van der Waals surface area (Å²) in [5, 5.41) is 13.6. The molecule has 0 rings (SSSR count). The van der Waals surface area contributed by atoms with Gasteiger partial charge in [0.05, 0.1) is 13.1 Å². The summed E-state index contributed by atoms with van der Waals surface area (Å²) in [7, 11) is 0. The number of carboxylic acids is 1. The summed E-state index contributed by atoms with van der Waals surface area (Å²) < 4.78 is 0. The summed E-state index contributed by atoms with van der Waals surface area (Å²) in [6, 6.07) is 0. The molecule has 0 saturated heterocycles. The molecule has 0 aromatic rings. The van der Waals surface area contributed by atoms with Crippen molar-refractivity contribution >= 4 is 23.6 Å². The fourth-order valence-electron chi connectivity index (χ4n) is 1.57. The summed E-state index contributed by atoms with van der Waals surface area (Å²) in [6.45, 7) is 3.96. The topological polar surface area (TPSA) is 139 Å². The Bertz CT molecular complexity index is 408. The SMILES string of the molecule is CC(=O)NCC(=O)NCC(=O)[C@](N)(CC(C)C)C(=O)O. The smallest absolute Gasteiger partial charge is 0.331 e. The van der Waals surface area contributed by atoms with E-state index in [1.54, 1.807) is 13.8 Å². The second kappa shape index (κ2) is 7.59. The van der Waals surface area contributed by atoms with Gasteiger partial charge in [0.15, 0.2) is 11.3 Å². The van der Waals surface area contributed by atoms with Crippen LogP contribution in [-0.4, -0.2) is 47.3 Å². The molecule has 0 heterocycles. The van der Waals surface area contributed by atoms with Crippen LogP contribution in [0, 0.1) is 5.92 Å². The molecule has 0 fully saturated rings. The minimum Gasteiger partial charge on any atom is -0.480 e. The first-order valence-electron chi connectivity index (χ1n) is 6.16. The first-order chi connectivity index (χ1) is 9.09. The molecule has 0 saturated carbocycles. The summed E-state index contributed by atoms with van der Waals surface area (Å²) in [5.74, 6) is -3.27. The van der Waals surface area contributed by atoms with Gasteiger partial charge in [0.2, 0.25) is 11.8 Å². The Morgan fingerprint density at radius 1 is 1.15 bits per heavy atom. The average molecular weight is 287 g/mol. The molecule has 0 aromatic heterocycles. The lowest BCUT2D eigenvalue weighted by molar-refractivity contribution is -0.149. The van der Waals surface area contributed by atoms with Gasteiger partial charge in [-0.3, -0.25) is 14.4 Å². The molecule has 8 heteroatoms. The number of carbonyl (C=O) groups is 4. The number of hydrogen-bond acceptors (Lipinski definition) is 5. The second-order valence-corrected chi connectivity index (χ2v) is 4.98. The molecule has 0 radical (unpaired) electrons. The number of amides is 2. The monoisotopic (exact) mass is 287 g/mol. The van der Waals surface area contributed by atoms with E-state index < -0.39 is 29.7 Å². The Morgan fingerprint density at radius 2 is 1.70 bits per heavy atom. The lowest BCUT2D eigenvalue weighted by Crippen LogP contribution is -2.58. The number of carboxylic acid groups (broad SMARTS) is 1. The Balaban J connectivity index is 4.52. The van der Waals surface area contributed by atoms with Gasteiger partial charge in [-0.15, -0.1) is 0 Å². The molecular weight excluding hydrogens is 266 g/mol. The standard InChI is InChI=1S/C12H21N3O5/c1-7(2)4-12(13,11(19)20)9(17)5-15-10(18)6-14-8(3)16/h7H,4-6,13H2,1-3H3,(H,14,16)(H,15,18)(H,19,20)/t12-/m1/s1. The van der Waals surface area contributed by atoms with Gasteiger partial charge in [0.25, 0.3) is 0 Å². The Morgan fingerprint density at radius 3 is 2.10 bits per heavy atom. The van der Waals surface area contributed by atoms with E-state index in [0.717, 1.165) is 0 Å². The van der Waals surface area contributed by atoms with Crippen LogP contribution in [0.25, 0.3) is 0 Å². The van der Waals surface area contributed by atoms with E-state index in [2.05, 4.69) is 10.6 Å². The molecule has 8 nitrogen and oxygen atoms in total. The van der Waals surface area contributed by atoms with Crippen LogP contribution in [0.5, 0.6) is 0 Å². The highest BCUT2D eigenvalue weighted by Gasteiger charge is 2.42. The number of aliphatic carboxylic acids is 1. The lowest BCUT2D eigenvalue weighted by atomic mass is 9.86.